The number of carbonyl (C=O) groups is 1. The monoisotopic (exact) mass is 569 g/mol. The molecule has 0 bridgehead atoms. The van der Waals surface area contributed by atoms with Gasteiger partial charge in [-0.2, -0.15) is 0 Å². The second-order valence-corrected chi connectivity index (χ2v) is 11.5. The van der Waals surface area contributed by atoms with E-state index in [4.69, 9.17) is 14.5 Å². The van der Waals surface area contributed by atoms with Crippen molar-refractivity contribution < 1.29 is 14.3 Å². The summed E-state index contributed by atoms with van der Waals surface area (Å²) in [6.07, 6.45) is 1.77. The molecule has 5 heterocycles. The second kappa shape index (κ2) is 10.9. The largest absolute Gasteiger partial charge is 0.379 e. The highest BCUT2D eigenvalue weighted by molar-refractivity contribution is 7.26. The molecule has 210 valence electrons. The fraction of sp³-hybridized carbons (Fsp3) is 0.323. The zero-order chi connectivity index (χ0) is 27.9. The van der Waals surface area contributed by atoms with Crippen molar-refractivity contribution in [3.8, 4) is 11.1 Å². The molecule has 0 aliphatic carbocycles. The van der Waals surface area contributed by atoms with E-state index < -0.39 is 0 Å². The number of fused-ring (bicyclic) bond motifs is 4. The molecule has 3 aromatic heterocycles. The van der Waals surface area contributed by atoms with Crippen molar-refractivity contribution in [1.29, 1.82) is 0 Å². The minimum atomic E-state index is -0.231. The molecule has 0 saturated carbocycles. The molecule has 41 heavy (non-hydrogen) atoms. The molecule has 2 aliphatic heterocycles. The van der Waals surface area contributed by atoms with Crippen LogP contribution in [0.2, 0.25) is 0 Å². The minimum Gasteiger partial charge on any atom is -0.379 e. The number of benzene rings is 2. The zero-order valence-corrected chi connectivity index (χ0v) is 23.7. The number of aromatic nitrogens is 2. The smallest absolute Gasteiger partial charge is 0.259 e. The average Bonchev–Trinajstić information content (AvgIpc) is 3.39. The van der Waals surface area contributed by atoms with Crippen molar-refractivity contribution in [2.24, 2.45) is 0 Å². The Hall–Kier alpha value is -3.83. The summed E-state index contributed by atoms with van der Waals surface area (Å²) in [7, 11) is 0. The zero-order valence-electron chi connectivity index (χ0n) is 22.8. The quantitative estimate of drug-likeness (QED) is 0.339. The molecule has 0 spiro atoms. The van der Waals surface area contributed by atoms with Gasteiger partial charge in [0.25, 0.3) is 5.56 Å². The van der Waals surface area contributed by atoms with Gasteiger partial charge in [-0.15, -0.1) is 11.3 Å². The number of anilines is 2. The van der Waals surface area contributed by atoms with Gasteiger partial charge in [-0.25, -0.2) is 4.98 Å². The number of rotatable bonds is 5. The number of amides is 1. The van der Waals surface area contributed by atoms with Gasteiger partial charge in [0.15, 0.2) is 0 Å². The molecule has 2 aliphatic rings. The van der Waals surface area contributed by atoms with Gasteiger partial charge < -0.3 is 19.7 Å². The summed E-state index contributed by atoms with van der Waals surface area (Å²) in [6, 6.07) is 17.7. The minimum absolute atomic E-state index is 0.0187. The predicted molar refractivity (Wildman–Crippen MR) is 163 cm³/mol. The number of hydrogen-bond donors (Lipinski definition) is 1. The molecule has 9 nitrogen and oxygen atoms in total. The van der Waals surface area contributed by atoms with Gasteiger partial charge in [-0.3, -0.25) is 18.9 Å². The normalized spacial score (nSPS) is 17.3. The van der Waals surface area contributed by atoms with Crippen molar-refractivity contribution in [3.05, 3.63) is 71.1 Å². The number of nitrogens with zero attached hydrogens (tertiary/aromatic N) is 4. The molecular formula is C31H31N5O4S. The maximum atomic E-state index is 13.1. The Bertz CT molecular complexity index is 1820. The lowest BCUT2D eigenvalue weighted by atomic mass is 10.0. The number of carbonyl (C=O) groups excluding carboxylic acids is 1. The standard InChI is InChI=1S/C31H31N5O4S/c1-20(34-10-14-39-15-11-34)31(38)32-21-7-8-26-25(18-21)23-5-2-4-22(29(23)41-26)24-6-3-9-36-28(37)19-27(33-30(24)36)35-12-16-40-17-13-35/h2-9,18-20H,10-17H2,1H3,(H,32,38)/t20-/m0/s1. The summed E-state index contributed by atoms with van der Waals surface area (Å²) in [6.45, 7) is 7.44. The Kier molecular flexibility index (Phi) is 6.91. The van der Waals surface area contributed by atoms with E-state index in [1.165, 1.54) is 0 Å². The molecule has 10 heteroatoms. The van der Waals surface area contributed by atoms with E-state index in [1.807, 2.05) is 31.2 Å². The van der Waals surface area contributed by atoms with Gasteiger partial charge in [0.05, 0.1) is 32.5 Å². The molecule has 1 N–H and O–H groups in total. The Morgan fingerprint density at radius 2 is 1.68 bits per heavy atom. The molecule has 2 saturated heterocycles. The number of thiophene rings is 1. The number of pyridine rings is 1. The molecule has 0 unspecified atom stereocenters. The van der Waals surface area contributed by atoms with Gasteiger partial charge >= 0.3 is 0 Å². The molecule has 5 aromatic rings. The lowest BCUT2D eigenvalue weighted by Crippen LogP contribution is -2.47. The Labute approximate surface area is 240 Å². The third-order valence-electron chi connectivity index (χ3n) is 8.04. The fourth-order valence-corrected chi connectivity index (χ4v) is 6.95. The van der Waals surface area contributed by atoms with Crippen LogP contribution in [-0.4, -0.2) is 78.8 Å². The summed E-state index contributed by atoms with van der Waals surface area (Å²) in [4.78, 5) is 35.4. The number of hydrogen-bond acceptors (Lipinski definition) is 8. The Morgan fingerprint density at radius 1 is 0.927 bits per heavy atom. The SMILES string of the molecule is C[C@@H](C(=O)Nc1ccc2sc3c(-c4cccn5c(=O)cc(N6CCOCC6)nc45)cccc3c2c1)N1CCOCC1. The van der Waals surface area contributed by atoms with E-state index in [2.05, 4.69) is 39.4 Å². The van der Waals surface area contributed by atoms with E-state index in [-0.39, 0.29) is 17.5 Å². The van der Waals surface area contributed by atoms with E-state index in [9.17, 15) is 9.59 Å². The third kappa shape index (κ3) is 4.87. The van der Waals surface area contributed by atoms with Gasteiger partial charge in [0, 0.05) is 75.4 Å². The van der Waals surface area contributed by atoms with Crippen LogP contribution < -0.4 is 15.8 Å². The van der Waals surface area contributed by atoms with Crippen LogP contribution in [0.1, 0.15) is 6.92 Å². The van der Waals surface area contributed by atoms with Crippen LogP contribution >= 0.6 is 11.3 Å². The Morgan fingerprint density at radius 3 is 2.49 bits per heavy atom. The second-order valence-electron chi connectivity index (χ2n) is 10.5. The van der Waals surface area contributed by atoms with E-state index in [0.717, 1.165) is 50.1 Å². The van der Waals surface area contributed by atoms with Crippen molar-refractivity contribution >= 4 is 54.6 Å². The van der Waals surface area contributed by atoms with Crippen LogP contribution in [-0.2, 0) is 14.3 Å². The van der Waals surface area contributed by atoms with Crippen LogP contribution in [0, 0.1) is 0 Å². The topological polar surface area (TPSA) is 88.4 Å². The molecule has 2 aromatic carbocycles. The summed E-state index contributed by atoms with van der Waals surface area (Å²) in [5.74, 6) is 0.663. The molecule has 1 amide bonds. The van der Waals surface area contributed by atoms with E-state index >= 15 is 0 Å². The van der Waals surface area contributed by atoms with Gasteiger partial charge in [0.1, 0.15) is 11.5 Å². The first-order chi connectivity index (χ1) is 20.1. The molecule has 0 radical (unpaired) electrons. The van der Waals surface area contributed by atoms with Gasteiger partial charge in [-0.05, 0) is 37.3 Å². The van der Waals surface area contributed by atoms with Crippen molar-refractivity contribution in [2.75, 3.05) is 62.8 Å². The number of ether oxygens (including phenoxy) is 2. The molecule has 7 rings (SSSR count). The summed E-state index contributed by atoms with van der Waals surface area (Å²) < 4.78 is 14.8. The first-order valence-corrected chi connectivity index (χ1v) is 14.8. The lowest BCUT2D eigenvalue weighted by molar-refractivity contribution is -0.122. The van der Waals surface area contributed by atoms with Crippen LogP contribution in [0.15, 0.2) is 65.6 Å². The van der Waals surface area contributed by atoms with Crippen molar-refractivity contribution in [2.45, 2.75) is 13.0 Å². The highest BCUT2D eigenvalue weighted by atomic mass is 32.1. The van der Waals surface area contributed by atoms with Crippen molar-refractivity contribution in [1.82, 2.24) is 14.3 Å². The van der Waals surface area contributed by atoms with Crippen LogP contribution in [0.25, 0.3) is 36.9 Å². The highest BCUT2D eigenvalue weighted by Gasteiger charge is 2.24. The summed E-state index contributed by atoms with van der Waals surface area (Å²) in [5, 5.41) is 5.31. The number of nitrogens with one attached hydrogen (secondary N) is 1. The highest BCUT2D eigenvalue weighted by Crippen LogP contribution is 2.41. The van der Waals surface area contributed by atoms with E-state index in [1.54, 1.807) is 28.0 Å². The third-order valence-corrected chi connectivity index (χ3v) is 9.26. The maximum Gasteiger partial charge on any atom is 0.259 e. The van der Waals surface area contributed by atoms with Crippen LogP contribution in [0.3, 0.4) is 0 Å². The van der Waals surface area contributed by atoms with Crippen LogP contribution in [0.4, 0.5) is 11.5 Å². The fourth-order valence-electron chi connectivity index (χ4n) is 5.74. The molecule has 2 fully saturated rings. The summed E-state index contributed by atoms with van der Waals surface area (Å²) >= 11 is 1.71. The molecule has 1 atom stereocenters. The summed E-state index contributed by atoms with van der Waals surface area (Å²) in [5.41, 5.74) is 3.25. The van der Waals surface area contributed by atoms with Crippen LogP contribution in [0.5, 0.6) is 0 Å². The van der Waals surface area contributed by atoms with Gasteiger partial charge in [0.2, 0.25) is 5.91 Å². The Balaban J connectivity index is 1.27. The predicted octanol–water partition coefficient (Wildman–Crippen LogP) is 4.23. The first kappa shape index (κ1) is 26.1. The molecular weight excluding hydrogens is 538 g/mol. The van der Waals surface area contributed by atoms with E-state index in [0.29, 0.717) is 51.0 Å². The number of morpholine rings is 2. The van der Waals surface area contributed by atoms with Gasteiger partial charge in [-0.1, -0.05) is 18.2 Å². The van der Waals surface area contributed by atoms with Crippen molar-refractivity contribution in [3.63, 3.8) is 0 Å². The maximum absolute atomic E-state index is 13.1. The average molecular weight is 570 g/mol. The first-order valence-electron chi connectivity index (χ1n) is 14.0. The lowest BCUT2D eigenvalue weighted by Gasteiger charge is -2.31.